The number of benzene rings is 1. The van der Waals surface area contributed by atoms with Gasteiger partial charge in [-0.15, -0.1) is 0 Å². The Labute approximate surface area is 94.1 Å². The molecule has 0 aromatic heterocycles. The second-order valence-corrected chi connectivity index (χ2v) is 4.11. The van der Waals surface area contributed by atoms with E-state index in [4.69, 9.17) is 0 Å². The van der Waals surface area contributed by atoms with Gasteiger partial charge in [-0.25, -0.2) is 4.39 Å². The monoisotopic (exact) mass is 225 g/mol. The zero-order chi connectivity index (χ0) is 11.5. The van der Waals surface area contributed by atoms with Crippen LogP contribution in [0.1, 0.15) is 12.8 Å². The maximum Gasteiger partial charge on any atom is 0.146 e. The number of halogens is 1. The third-order valence-corrected chi connectivity index (χ3v) is 3.17. The molecule has 1 saturated heterocycles. The molecule has 88 valence electrons. The minimum Gasteiger partial charge on any atom is -0.394 e. The van der Waals surface area contributed by atoms with Gasteiger partial charge in [0.1, 0.15) is 5.82 Å². The van der Waals surface area contributed by atoms with Gasteiger partial charge < -0.3 is 15.1 Å². The van der Waals surface area contributed by atoms with Crippen molar-refractivity contribution >= 4 is 5.69 Å². The van der Waals surface area contributed by atoms with Gasteiger partial charge in [0.2, 0.25) is 0 Å². The highest BCUT2D eigenvalue weighted by molar-refractivity contribution is 5.51. The molecule has 0 bridgehead atoms. The van der Waals surface area contributed by atoms with Crippen molar-refractivity contribution in [2.24, 2.45) is 0 Å². The lowest BCUT2D eigenvalue weighted by molar-refractivity contribution is 0.247. The van der Waals surface area contributed by atoms with E-state index in [0.29, 0.717) is 5.69 Å². The van der Waals surface area contributed by atoms with Crippen LogP contribution in [0.3, 0.4) is 0 Å². The molecule has 0 amide bonds. The first-order valence-electron chi connectivity index (χ1n) is 5.52. The fraction of sp³-hybridized carbons (Fsp3) is 0.500. The lowest BCUT2D eigenvalue weighted by Gasteiger charge is -2.30. The van der Waals surface area contributed by atoms with Gasteiger partial charge in [0.25, 0.3) is 0 Å². The summed E-state index contributed by atoms with van der Waals surface area (Å²) in [6.45, 7) is -0.0182. The normalized spacial score (nSPS) is 25.1. The van der Waals surface area contributed by atoms with Crippen molar-refractivity contribution < 1.29 is 14.6 Å². The fourth-order valence-corrected chi connectivity index (χ4v) is 2.37. The van der Waals surface area contributed by atoms with E-state index in [1.165, 1.54) is 6.07 Å². The molecule has 0 spiro atoms. The van der Waals surface area contributed by atoms with Crippen LogP contribution in [0, 0.1) is 5.82 Å². The molecule has 2 atom stereocenters. The van der Waals surface area contributed by atoms with E-state index in [1.54, 1.807) is 23.1 Å². The molecule has 2 N–H and O–H groups in total. The average molecular weight is 225 g/mol. The van der Waals surface area contributed by atoms with E-state index in [2.05, 4.69) is 0 Å². The third kappa shape index (κ3) is 1.90. The summed E-state index contributed by atoms with van der Waals surface area (Å²) in [7, 11) is 0. The number of hydrogen-bond donors (Lipinski definition) is 2. The molecular formula is C12H16FNO2. The number of hydrogen-bond acceptors (Lipinski definition) is 3. The summed E-state index contributed by atoms with van der Waals surface area (Å²) in [6.07, 6.45) is 1.58. The number of nitrogens with zero attached hydrogens (tertiary/aromatic N) is 1. The highest BCUT2D eigenvalue weighted by Gasteiger charge is 2.33. The van der Waals surface area contributed by atoms with Crippen molar-refractivity contribution in [2.45, 2.75) is 24.9 Å². The van der Waals surface area contributed by atoms with Gasteiger partial charge in [-0.1, -0.05) is 12.1 Å². The second-order valence-electron chi connectivity index (χ2n) is 4.11. The summed E-state index contributed by atoms with van der Waals surface area (Å²) in [5.41, 5.74) is 0.470. The van der Waals surface area contributed by atoms with Crippen LogP contribution >= 0.6 is 0 Å². The molecule has 1 fully saturated rings. The largest absolute Gasteiger partial charge is 0.394 e. The molecular weight excluding hydrogens is 209 g/mol. The van der Waals surface area contributed by atoms with Crippen molar-refractivity contribution in [1.29, 1.82) is 0 Å². The smallest absolute Gasteiger partial charge is 0.146 e. The molecule has 1 aliphatic heterocycles. The Kier molecular flexibility index (Phi) is 3.41. The lowest BCUT2D eigenvalue weighted by atomic mass is 10.2. The van der Waals surface area contributed by atoms with Crippen molar-refractivity contribution in [3.8, 4) is 0 Å². The van der Waals surface area contributed by atoms with E-state index in [1.807, 2.05) is 0 Å². The molecule has 2 rings (SSSR count). The zero-order valence-corrected chi connectivity index (χ0v) is 9.01. The SMILES string of the molecule is OCC1CCC(CO)N1c1ccccc1F. The van der Waals surface area contributed by atoms with Gasteiger partial charge in [-0.2, -0.15) is 0 Å². The van der Waals surface area contributed by atoms with Crippen molar-refractivity contribution in [3.05, 3.63) is 30.1 Å². The molecule has 0 saturated carbocycles. The molecule has 0 radical (unpaired) electrons. The summed E-state index contributed by atoms with van der Waals surface area (Å²) in [5.74, 6) is -0.304. The Morgan fingerprint density at radius 2 is 1.69 bits per heavy atom. The Balaban J connectivity index is 2.32. The number of rotatable bonds is 3. The molecule has 2 unspecified atom stereocenters. The van der Waals surface area contributed by atoms with Crippen LogP contribution in [0.2, 0.25) is 0 Å². The summed E-state index contributed by atoms with van der Waals surface area (Å²) in [4.78, 5) is 1.80. The van der Waals surface area contributed by atoms with Gasteiger partial charge >= 0.3 is 0 Å². The molecule has 16 heavy (non-hydrogen) atoms. The van der Waals surface area contributed by atoms with Crippen LogP contribution in [0.4, 0.5) is 10.1 Å². The van der Waals surface area contributed by atoms with E-state index in [9.17, 15) is 14.6 Å². The lowest BCUT2D eigenvalue weighted by Crippen LogP contribution is -2.40. The second kappa shape index (κ2) is 4.80. The van der Waals surface area contributed by atoms with E-state index in [0.717, 1.165) is 12.8 Å². The number of anilines is 1. The first kappa shape index (κ1) is 11.4. The molecule has 1 aromatic carbocycles. The minimum absolute atomic E-state index is 0.00909. The first-order valence-corrected chi connectivity index (χ1v) is 5.52. The number of aliphatic hydroxyl groups is 2. The van der Waals surface area contributed by atoms with Crippen LogP contribution in [0.15, 0.2) is 24.3 Å². The van der Waals surface area contributed by atoms with E-state index < -0.39 is 0 Å². The quantitative estimate of drug-likeness (QED) is 0.811. The van der Waals surface area contributed by atoms with Gasteiger partial charge in [-0.05, 0) is 25.0 Å². The van der Waals surface area contributed by atoms with Crippen LogP contribution in [-0.2, 0) is 0 Å². The molecule has 1 aromatic rings. The Hall–Kier alpha value is -1.13. The maximum absolute atomic E-state index is 13.7. The predicted octanol–water partition coefficient (Wildman–Crippen LogP) is 1.15. The topological polar surface area (TPSA) is 43.7 Å². The van der Waals surface area contributed by atoms with Gasteiger partial charge in [0.05, 0.1) is 31.0 Å². The molecule has 0 aliphatic carbocycles. The van der Waals surface area contributed by atoms with Crippen molar-refractivity contribution in [2.75, 3.05) is 18.1 Å². The zero-order valence-electron chi connectivity index (χ0n) is 9.01. The summed E-state index contributed by atoms with van der Waals surface area (Å²) in [6, 6.07) is 6.31. The van der Waals surface area contributed by atoms with Gasteiger partial charge in [0.15, 0.2) is 0 Å². The molecule has 3 nitrogen and oxygen atoms in total. The van der Waals surface area contributed by atoms with Gasteiger partial charge in [0, 0.05) is 0 Å². The van der Waals surface area contributed by atoms with E-state index in [-0.39, 0.29) is 31.1 Å². The standard InChI is InChI=1S/C12H16FNO2/c13-11-3-1-2-4-12(11)14-9(7-15)5-6-10(14)8-16/h1-4,9-10,15-16H,5-8H2. The molecule has 1 heterocycles. The molecule has 4 heteroatoms. The van der Waals surface area contributed by atoms with Gasteiger partial charge in [-0.3, -0.25) is 0 Å². The molecule has 1 aliphatic rings. The first-order chi connectivity index (χ1) is 7.77. The number of para-hydroxylation sites is 1. The minimum atomic E-state index is -0.304. The average Bonchev–Trinajstić information content (AvgIpc) is 2.72. The van der Waals surface area contributed by atoms with Crippen molar-refractivity contribution in [3.63, 3.8) is 0 Å². The third-order valence-electron chi connectivity index (χ3n) is 3.17. The number of aliphatic hydroxyl groups excluding tert-OH is 2. The van der Waals surface area contributed by atoms with Crippen LogP contribution in [-0.4, -0.2) is 35.5 Å². The Morgan fingerprint density at radius 3 is 2.19 bits per heavy atom. The van der Waals surface area contributed by atoms with E-state index >= 15 is 0 Å². The van der Waals surface area contributed by atoms with Crippen molar-refractivity contribution in [1.82, 2.24) is 0 Å². The maximum atomic E-state index is 13.7. The summed E-state index contributed by atoms with van der Waals surface area (Å²) < 4.78 is 13.7. The van der Waals surface area contributed by atoms with Crippen LogP contribution in [0.5, 0.6) is 0 Å². The van der Waals surface area contributed by atoms with Crippen LogP contribution < -0.4 is 4.90 Å². The fourth-order valence-electron chi connectivity index (χ4n) is 2.37. The highest BCUT2D eigenvalue weighted by atomic mass is 19.1. The predicted molar refractivity (Wildman–Crippen MR) is 59.9 cm³/mol. The Morgan fingerprint density at radius 1 is 1.12 bits per heavy atom. The Bertz CT molecular complexity index is 347. The van der Waals surface area contributed by atoms with Crippen LogP contribution in [0.25, 0.3) is 0 Å². The summed E-state index contributed by atoms with van der Waals surface area (Å²) >= 11 is 0. The highest BCUT2D eigenvalue weighted by Crippen LogP contribution is 2.31. The summed E-state index contributed by atoms with van der Waals surface area (Å²) in [5, 5.41) is 18.5.